The van der Waals surface area contributed by atoms with Crippen LogP contribution in [-0.4, -0.2) is 32.4 Å². The zero-order valence-corrected chi connectivity index (χ0v) is 11.7. The average Bonchev–Trinajstić information content (AvgIpc) is 2.36. The molecule has 0 aliphatic carbocycles. The largest absolute Gasteiger partial charge is 0.330 e. The van der Waals surface area contributed by atoms with Crippen LogP contribution < -0.4 is 10.9 Å². The summed E-state index contributed by atoms with van der Waals surface area (Å²) in [4.78, 5) is 0. The minimum Gasteiger partial charge on any atom is -0.330 e. The predicted molar refractivity (Wildman–Crippen MR) is 71.0 cm³/mol. The summed E-state index contributed by atoms with van der Waals surface area (Å²) in [5.74, 6) is -1.33. The second-order valence-corrected chi connectivity index (χ2v) is 6.63. The van der Waals surface area contributed by atoms with Gasteiger partial charge in [0.1, 0.15) is 11.6 Å². The summed E-state index contributed by atoms with van der Waals surface area (Å²) in [7, 11) is -3.74. The topological polar surface area (TPSA) is 89.4 Å². The maximum Gasteiger partial charge on any atom is 0.276 e. The Balaban J connectivity index is 2.29. The van der Waals surface area contributed by atoms with E-state index in [9.17, 15) is 17.2 Å². The maximum atomic E-state index is 13.3. The number of rotatable bonds is 3. The summed E-state index contributed by atoms with van der Waals surface area (Å²) < 4.78 is 50.4. The Labute approximate surface area is 116 Å². The summed E-state index contributed by atoms with van der Waals surface area (Å²) in [5, 5.41) is 5.07. The van der Waals surface area contributed by atoms with Gasteiger partial charge in [-0.2, -0.15) is 12.7 Å². The van der Waals surface area contributed by atoms with Crippen LogP contribution in [0.1, 0.15) is 18.4 Å². The summed E-state index contributed by atoms with van der Waals surface area (Å²) in [6.45, 7) is 0.566. The van der Waals surface area contributed by atoms with E-state index in [0.717, 1.165) is 10.4 Å². The molecule has 112 valence electrons. The molecule has 0 bridgehead atoms. The monoisotopic (exact) mass is 305 g/mol. The van der Waals surface area contributed by atoms with Gasteiger partial charge in [-0.25, -0.2) is 13.9 Å². The van der Waals surface area contributed by atoms with E-state index in [1.54, 1.807) is 0 Å². The van der Waals surface area contributed by atoms with Crippen LogP contribution in [-0.2, 0) is 15.6 Å². The molecule has 1 fully saturated rings. The molecule has 0 aromatic heterocycles. The standard InChI is InChI=1S/C12H17F2N3O2S/c13-10-5-9(6-11(14)7-10)12(8-15)1-3-17(4-2-12)20(16,18)19/h5-7H,1-4,8,15H2,(H2,16,18,19). The molecule has 0 atom stereocenters. The lowest BCUT2D eigenvalue weighted by atomic mass is 9.73. The number of nitrogens with two attached hydrogens (primary N) is 2. The van der Waals surface area contributed by atoms with Crippen LogP contribution in [0.5, 0.6) is 0 Å². The van der Waals surface area contributed by atoms with E-state index in [-0.39, 0.29) is 19.6 Å². The van der Waals surface area contributed by atoms with E-state index >= 15 is 0 Å². The molecule has 2 rings (SSSR count). The Bertz CT molecular complexity index is 578. The molecule has 1 aromatic rings. The van der Waals surface area contributed by atoms with Crippen LogP contribution >= 0.6 is 0 Å². The molecule has 1 saturated heterocycles. The van der Waals surface area contributed by atoms with Crippen molar-refractivity contribution in [1.82, 2.24) is 4.31 Å². The third kappa shape index (κ3) is 2.98. The van der Waals surface area contributed by atoms with Crippen LogP contribution in [0.15, 0.2) is 18.2 Å². The van der Waals surface area contributed by atoms with Gasteiger partial charge in [-0.3, -0.25) is 0 Å². The molecule has 0 radical (unpaired) electrons. The van der Waals surface area contributed by atoms with Gasteiger partial charge in [0.2, 0.25) is 0 Å². The fourth-order valence-electron chi connectivity index (χ4n) is 2.64. The number of piperidine rings is 1. The highest BCUT2D eigenvalue weighted by Crippen LogP contribution is 2.35. The molecule has 0 saturated carbocycles. The van der Waals surface area contributed by atoms with Gasteiger partial charge in [-0.15, -0.1) is 0 Å². The van der Waals surface area contributed by atoms with Crippen LogP contribution in [0.4, 0.5) is 8.78 Å². The zero-order chi connectivity index (χ0) is 15.0. The van der Waals surface area contributed by atoms with Gasteiger partial charge in [0, 0.05) is 31.1 Å². The lowest BCUT2D eigenvalue weighted by Gasteiger charge is -2.40. The first-order chi connectivity index (χ1) is 9.27. The van der Waals surface area contributed by atoms with Crippen molar-refractivity contribution in [2.75, 3.05) is 19.6 Å². The van der Waals surface area contributed by atoms with Gasteiger partial charge < -0.3 is 5.73 Å². The number of nitrogens with zero attached hydrogens (tertiary/aromatic N) is 1. The van der Waals surface area contributed by atoms with E-state index in [1.165, 1.54) is 12.1 Å². The number of halogens is 2. The smallest absolute Gasteiger partial charge is 0.276 e. The van der Waals surface area contributed by atoms with Crippen LogP contribution in [0.2, 0.25) is 0 Å². The van der Waals surface area contributed by atoms with E-state index in [0.29, 0.717) is 18.4 Å². The van der Waals surface area contributed by atoms with Crippen LogP contribution in [0.25, 0.3) is 0 Å². The van der Waals surface area contributed by atoms with Crippen molar-refractivity contribution in [2.45, 2.75) is 18.3 Å². The van der Waals surface area contributed by atoms with E-state index in [4.69, 9.17) is 10.9 Å². The average molecular weight is 305 g/mol. The maximum absolute atomic E-state index is 13.3. The molecule has 20 heavy (non-hydrogen) atoms. The molecule has 1 heterocycles. The molecular formula is C12H17F2N3O2S. The van der Waals surface area contributed by atoms with Crippen LogP contribution in [0, 0.1) is 11.6 Å². The van der Waals surface area contributed by atoms with Gasteiger partial charge in [0.15, 0.2) is 0 Å². The minimum absolute atomic E-state index is 0.189. The van der Waals surface area contributed by atoms with Gasteiger partial charge >= 0.3 is 0 Å². The highest BCUT2D eigenvalue weighted by atomic mass is 32.2. The molecule has 0 spiro atoms. The Morgan fingerprint density at radius 2 is 1.65 bits per heavy atom. The fourth-order valence-corrected chi connectivity index (χ4v) is 3.33. The number of benzene rings is 1. The van der Waals surface area contributed by atoms with Crippen molar-refractivity contribution in [1.29, 1.82) is 0 Å². The Morgan fingerprint density at radius 1 is 1.15 bits per heavy atom. The van der Waals surface area contributed by atoms with Gasteiger partial charge in [-0.1, -0.05) is 0 Å². The molecule has 8 heteroatoms. The molecule has 1 aliphatic heterocycles. The zero-order valence-electron chi connectivity index (χ0n) is 10.9. The molecule has 5 nitrogen and oxygen atoms in total. The molecule has 1 aromatic carbocycles. The highest BCUT2D eigenvalue weighted by Gasteiger charge is 2.38. The Morgan fingerprint density at radius 3 is 2.05 bits per heavy atom. The van der Waals surface area contributed by atoms with Crippen molar-refractivity contribution >= 4 is 10.2 Å². The van der Waals surface area contributed by atoms with Crippen molar-refractivity contribution in [2.24, 2.45) is 10.9 Å². The number of hydrogen-bond acceptors (Lipinski definition) is 3. The molecule has 0 amide bonds. The van der Waals surface area contributed by atoms with Crippen molar-refractivity contribution in [3.05, 3.63) is 35.4 Å². The second kappa shape index (κ2) is 5.36. The lowest BCUT2D eigenvalue weighted by Crippen LogP contribution is -2.50. The molecule has 1 aliphatic rings. The van der Waals surface area contributed by atoms with Crippen molar-refractivity contribution in [3.63, 3.8) is 0 Å². The van der Waals surface area contributed by atoms with Crippen molar-refractivity contribution < 1.29 is 17.2 Å². The van der Waals surface area contributed by atoms with E-state index in [2.05, 4.69) is 0 Å². The summed E-state index contributed by atoms with van der Waals surface area (Å²) in [6.07, 6.45) is 0.756. The number of hydrogen-bond donors (Lipinski definition) is 2. The quantitative estimate of drug-likeness (QED) is 0.850. The second-order valence-electron chi connectivity index (χ2n) is 5.09. The first-order valence-electron chi connectivity index (χ1n) is 6.21. The summed E-state index contributed by atoms with van der Waals surface area (Å²) >= 11 is 0. The molecular weight excluding hydrogens is 288 g/mol. The Hall–Kier alpha value is -1.09. The van der Waals surface area contributed by atoms with Gasteiger partial charge in [-0.05, 0) is 30.5 Å². The Kier molecular flexibility index (Phi) is 4.10. The van der Waals surface area contributed by atoms with Gasteiger partial charge in [0.25, 0.3) is 10.2 Å². The SMILES string of the molecule is NCC1(c2cc(F)cc(F)c2)CCN(S(N)(=O)=O)CC1. The molecule has 4 N–H and O–H groups in total. The van der Waals surface area contributed by atoms with E-state index < -0.39 is 27.3 Å². The fraction of sp³-hybridized carbons (Fsp3) is 0.500. The third-order valence-corrected chi connectivity index (χ3v) is 4.99. The normalized spacial score (nSPS) is 20.0. The highest BCUT2D eigenvalue weighted by molar-refractivity contribution is 7.86. The van der Waals surface area contributed by atoms with Crippen molar-refractivity contribution in [3.8, 4) is 0 Å². The summed E-state index contributed by atoms with van der Waals surface area (Å²) in [6, 6.07) is 3.30. The third-order valence-electron chi connectivity index (χ3n) is 3.91. The van der Waals surface area contributed by atoms with E-state index in [1.807, 2.05) is 0 Å². The first-order valence-corrected chi connectivity index (χ1v) is 7.72. The molecule has 0 unspecified atom stereocenters. The van der Waals surface area contributed by atoms with Crippen LogP contribution in [0.3, 0.4) is 0 Å². The van der Waals surface area contributed by atoms with Gasteiger partial charge in [0.05, 0.1) is 0 Å². The minimum atomic E-state index is -3.74. The first kappa shape index (κ1) is 15.3. The lowest BCUT2D eigenvalue weighted by molar-refractivity contribution is 0.237. The summed E-state index contributed by atoms with van der Waals surface area (Å²) in [5.41, 5.74) is 5.62. The predicted octanol–water partition coefficient (Wildman–Crippen LogP) is 0.461.